The Bertz CT molecular complexity index is 238. The Morgan fingerprint density at radius 3 is 2.20 bits per heavy atom. The summed E-state index contributed by atoms with van der Waals surface area (Å²) >= 11 is 0. The summed E-state index contributed by atoms with van der Waals surface area (Å²) in [5.74, 6) is -0.231. The Morgan fingerprint density at radius 1 is 1.30 bits per heavy atom. The van der Waals surface area contributed by atoms with E-state index in [4.69, 9.17) is 5.41 Å². The summed E-state index contributed by atoms with van der Waals surface area (Å²) in [5, 5.41) is 5.46. The molecule has 0 saturated heterocycles. The van der Waals surface area contributed by atoms with Gasteiger partial charge in [-0.1, -0.05) is 0 Å². The molecular formula is C8H9FN+. The number of hydrogen-bond acceptors (Lipinski definition) is 0. The molecule has 2 heteroatoms. The average molecular weight is 138 g/mol. The number of benzene rings is 1. The van der Waals surface area contributed by atoms with Gasteiger partial charge in [-0.05, 0) is 24.3 Å². The van der Waals surface area contributed by atoms with Crippen LogP contribution in [0.3, 0.4) is 0 Å². The first-order chi connectivity index (χ1) is 4.70. The van der Waals surface area contributed by atoms with Crippen LogP contribution in [-0.2, 0) is 0 Å². The summed E-state index contributed by atoms with van der Waals surface area (Å²) in [6.45, 7) is 1.78. The van der Waals surface area contributed by atoms with E-state index in [1.54, 1.807) is 19.1 Å². The van der Waals surface area contributed by atoms with Crippen molar-refractivity contribution in [3.63, 3.8) is 0 Å². The highest BCUT2D eigenvalue weighted by atomic mass is 19.1. The first kappa shape index (κ1) is 6.93. The van der Waals surface area contributed by atoms with E-state index in [1.165, 1.54) is 12.1 Å². The zero-order valence-corrected chi connectivity index (χ0v) is 5.76. The van der Waals surface area contributed by atoms with Crippen molar-refractivity contribution in [3.8, 4) is 0 Å². The van der Waals surface area contributed by atoms with Crippen LogP contribution in [0.15, 0.2) is 24.3 Å². The molecular weight excluding hydrogens is 129 g/mol. The van der Waals surface area contributed by atoms with Crippen LogP contribution >= 0.6 is 0 Å². The molecule has 0 bridgehead atoms. The minimum atomic E-state index is -0.231. The third-order valence-corrected chi connectivity index (χ3v) is 1.30. The maximum absolute atomic E-state index is 12.3. The second-order valence-corrected chi connectivity index (χ2v) is 2.19. The molecule has 0 aliphatic heterocycles. The van der Waals surface area contributed by atoms with E-state index in [-0.39, 0.29) is 5.82 Å². The lowest BCUT2D eigenvalue weighted by Crippen LogP contribution is -2.38. The van der Waals surface area contributed by atoms with Crippen molar-refractivity contribution in [2.75, 3.05) is 0 Å². The van der Waals surface area contributed by atoms with E-state index < -0.39 is 0 Å². The Morgan fingerprint density at radius 2 is 1.80 bits per heavy atom. The van der Waals surface area contributed by atoms with Gasteiger partial charge in [-0.3, -0.25) is 5.41 Å². The summed E-state index contributed by atoms with van der Waals surface area (Å²) < 4.78 is 12.3. The van der Waals surface area contributed by atoms with Crippen LogP contribution in [0, 0.1) is 5.82 Å². The smallest absolute Gasteiger partial charge is 0.176 e. The van der Waals surface area contributed by atoms with Crippen LogP contribution in [0.5, 0.6) is 0 Å². The van der Waals surface area contributed by atoms with Crippen molar-refractivity contribution in [1.29, 1.82) is 0 Å². The standard InChI is InChI=1S/C8H8FN/c1-6(10)7-2-4-8(9)5-3-7/h2-5,10H,1H3/p+1. The lowest BCUT2D eigenvalue weighted by Gasteiger charge is -1.90. The Kier molecular flexibility index (Phi) is 1.81. The third kappa shape index (κ3) is 1.41. The topological polar surface area (TPSA) is 25.6 Å². The van der Waals surface area contributed by atoms with Crippen molar-refractivity contribution in [2.24, 2.45) is 0 Å². The largest absolute Gasteiger partial charge is 0.258 e. The Labute approximate surface area is 59.0 Å². The van der Waals surface area contributed by atoms with Gasteiger partial charge in [-0.25, -0.2) is 4.39 Å². The molecule has 0 aliphatic carbocycles. The molecule has 10 heavy (non-hydrogen) atoms. The van der Waals surface area contributed by atoms with Crippen molar-refractivity contribution < 1.29 is 9.80 Å². The van der Waals surface area contributed by atoms with Gasteiger partial charge in [0.25, 0.3) is 0 Å². The number of rotatable bonds is 1. The molecule has 52 valence electrons. The van der Waals surface area contributed by atoms with E-state index in [1.807, 2.05) is 0 Å². The maximum atomic E-state index is 12.3. The van der Waals surface area contributed by atoms with Gasteiger partial charge in [0.2, 0.25) is 0 Å². The minimum Gasteiger partial charge on any atom is -0.258 e. The first-order valence-corrected chi connectivity index (χ1v) is 3.05. The number of halogens is 1. The fourth-order valence-electron chi connectivity index (χ4n) is 0.713. The van der Waals surface area contributed by atoms with Gasteiger partial charge in [-0.15, -0.1) is 0 Å². The van der Waals surface area contributed by atoms with Crippen molar-refractivity contribution in [1.82, 2.24) is 0 Å². The van der Waals surface area contributed by atoms with Gasteiger partial charge >= 0.3 is 0 Å². The zero-order valence-electron chi connectivity index (χ0n) is 5.76. The highest BCUT2D eigenvalue weighted by Crippen LogP contribution is 2.01. The van der Waals surface area contributed by atoms with Crippen molar-refractivity contribution in [2.45, 2.75) is 6.92 Å². The zero-order chi connectivity index (χ0) is 7.56. The molecule has 1 aromatic carbocycles. The summed E-state index contributed by atoms with van der Waals surface area (Å²) in [5.41, 5.74) is 1.58. The van der Waals surface area contributed by atoms with Gasteiger partial charge < -0.3 is 0 Å². The second kappa shape index (κ2) is 2.60. The van der Waals surface area contributed by atoms with Gasteiger partial charge in [0.1, 0.15) is 5.82 Å². The van der Waals surface area contributed by atoms with E-state index in [2.05, 4.69) is 0 Å². The molecule has 0 atom stereocenters. The number of nitrogens with two attached hydrogens (primary N) is 1. The lowest BCUT2D eigenvalue weighted by atomic mass is 10.1. The highest BCUT2D eigenvalue weighted by Gasteiger charge is 1.97. The molecule has 0 unspecified atom stereocenters. The lowest BCUT2D eigenvalue weighted by molar-refractivity contribution is -0.113. The second-order valence-electron chi connectivity index (χ2n) is 2.19. The Hall–Kier alpha value is -1.18. The molecule has 1 rings (SSSR count). The van der Waals surface area contributed by atoms with Crippen LogP contribution in [-0.4, -0.2) is 5.71 Å². The predicted molar refractivity (Wildman–Crippen MR) is 38.1 cm³/mol. The van der Waals surface area contributed by atoms with Gasteiger partial charge in [0, 0.05) is 12.5 Å². The van der Waals surface area contributed by atoms with Crippen LogP contribution in [0.25, 0.3) is 0 Å². The van der Waals surface area contributed by atoms with Gasteiger partial charge in [-0.2, -0.15) is 0 Å². The van der Waals surface area contributed by atoms with Gasteiger partial charge in [0.15, 0.2) is 5.71 Å². The summed E-state index contributed by atoms with van der Waals surface area (Å²) in [4.78, 5) is 0. The van der Waals surface area contributed by atoms with Gasteiger partial charge in [0.05, 0.1) is 0 Å². The fraction of sp³-hybridized carbons (Fsp3) is 0.125. The molecule has 0 aliphatic rings. The molecule has 0 aromatic heterocycles. The third-order valence-electron chi connectivity index (χ3n) is 1.30. The SMILES string of the molecule is CC(=[NH2+])c1ccc(F)cc1. The van der Waals surface area contributed by atoms with Crippen molar-refractivity contribution in [3.05, 3.63) is 35.6 Å². The molecule has 0 heterocycles. The summed E-state index contributed by atoms with van der Waals surface area (Å²) in [6.07, 6.45) is 0. The summed E-state index contributed by atoms with van der Waals surface area (Å²) in [7, 11) is 0. The first-order valence-electron chi connectivity index (χ1n) is 3.05. The molecule has 0 fully saturated rings. The molecule has 0 saturated carbocycles. The normalized spacial score (nSPS) is 9.40. The fourth-order valence-corrected chi connectivity index (χ4v) is 0.713. The van der Waals surface area contributed by atoms with Crippen LogP contribution in [0.4, 0.5) is 4.39 Å². The molecule has 0 spiro atoms. The van der Waals surface area contributed by atoms with Crippen molar-refractivity contribution >= 4 is 5.71 Å². The summed E-state index contributed by atoms with van der Waals surface area (Å²) in [6, 6.07) is 6.10. The van der Waals surface area contributed by atoms with E-state index >= 15 is 0 Å². The van der Waals surface area contributed by atoms with E-state index in [0.717, 1.165) is 5.56 Å². The van der Waals surface area contributed by atoms with Crippen LogP contribution in [0.1, 0.15) is 12.5 Å². The highest BCUT2D eigenvalue weighted by molar-refractivity contribution is 5.93. The van der Waals surface area contributed by atoms with E-state index in [0.29, 0.717) is 5.71 Å². The molecule has 0 radical (unpaired) electrons. The Balaban J connectivity index is 3.00. The molecule has 1 nitrogen and oxygen atoms in total. The predicted octanol–water partition coefficient (Wildman–Crippen LogP) is 0.394. The molecule has 0 amide bonds. The molecule has 1 aromatic rings. The quantitative estimate of drug-likeness (QED) is 0.543. The van der Waals surface area contributed by atoms with Crippen LogP contribution < -0.4 is 5.41 Å². The van der Waals surface area contributed by atoms with Crippen LogP contribution in [0.2, 0.25) is 0 Å². The van der Waals surface area contributed by atoms with E-state index in [9.17, 15) is 4.39 Å². The maximum Gasteiger partial charge on any atom is 0.176 e. The molecule has 2 N–H and O–H groups in total. The monoisotopic (exact) mass is 138 g/mol. The minimum absolute atomic E-state index is 0.231. The average Bonchev–Trinajstić information content (AvgIpc) is 1.88. The number of hydrogen-bond donors (Lipinski definition) is 1.